The molecule has 0 spiro atoms. The van der Waals surface area contributed by atoms with Crippen molar-refractivity contribution in [3.63, 3.8) is 0 Å². The van der Waals surface area contributed by atoms with Gasteiger partial charge in [-0.05, 0) is 6.92 Å². The lowest BCUT2D eigenvalue weighted by molar-refractivity contribution is -0.135. The van der Waals surface area contributed by atoms with Crippen LogP contribution in [-0.4, -0.2) is 24.5 Å². The van der Waals surface area contributed by atoms with Crippen molar-refractivity contribution >= 4 is 5.91 Å². The zero-order valence-corrected chi connectivity index (χ0v) is 6.43. The van der Waals surface area contributed by atoms with Gasteiger partial charge in [0.1, 0.15) is 12.7 Å². The zero-order valence-electron chi connectivity index (χ0n) is 6.43. The molecular weight excluding hydrogens is 156 g/mol. The Bertz CT molecular complexity index is 144. The van der Waals surface area contributed by atoms with Crippen LogP contribution in [0.4, 0.5) is 8.78 Å². The number of hydrogen-bond acceptors (Lipinski definition) is 2. The summed E-state index contributed by atoms with van der Waals surface area (Å²) in [5, 5.41) is 0. The third kappa shape index (κ3) is 5.72. The summed E-state index contributed by atoms with van der Waals surface area (Å²) in [6.07, 6.45) is -0.958. The molecule has 0 saturated carbocycles. The minimum atomic E-state index is -2.91. The Kier molecular flexibility index (Phi) is 3.38. The number of primary amides is 1. The van der Waals surface area contributed by atoms with E-state index in [9.17, 15) is 13.6 Å². The molecule has 1 amide bonds. The number of ether oxygens (including phenoxy) is 1. The zero-order chi connectivity index (χ0) is 9.07. The first-order valence-electron chi connectivity index (χ1n) is 3.11. The van der Waals surface area contributed by atoms with Crippen molar-refractivity contribution in [1.82, 2.24) is 0 Å². The summed E-state index contributed by atoms with van der Waals surface area (Å²) < 4.78 is 28.6. The van der Waals surface area contributed by atoms with Crippen molar-refractivity contribution in [3.8, 4) is 0 Å². The Hall–Kier alpha value is -0.710. The van der Waals surface area contributed by atoms with Crippen LogP contribution in [-0.2, 0) is 9.53 Å². The summed E-state index contributed by atoms with van der Waals surface area (Å²) in [5.74, 6) is -3.65. The van der Waals surface area contributed by atoms with E-state index in [1.165, 1.54) is 6.92 Å². The second kappa shape index (κ2) is 3.61. The van der Waals surface area contributed by atoms with E-state index >= 15 is 0 Å². The largest absolute Gasteiger partial charge is 0.367 e. The summed E-state index contributed by atoms with van der Waals surface area (Å²) in [4.78, 5) is 10.3. The van der Waals surface area contributed by atoms with Gasteiger partial charge in [0, 0.05) is 6.92 Å². The smallest absolute Gasteiger partial charge is 0.268 e. The molecule has 0 rings (SSSR count). The summed E-state index contributed by atoms with van der Waals surface area (Å²) >= 11 is 0. The van der Waals surface area contributed by atoms with E-state index < -0.39 is 24.5 Å². The first-order valence-corrected chi connectivity index (χ1v) is 3.11. The van der Waals surface area contributed by atoms with E-state index in [-0.39, 0.29) is 0 Å². The van der Waals surface area contributed by atoms with Crippen molar-refractivity contribution in [1.29, 1.82) is 0 Å². The fraction of sp³-hybridized carbons (Fsp3) is 0.833. The van der Waals surface area contributed by atoms with Crippen molar-refractivity contribution < 1.29 is 18.3 Å². The normalized spacial score (nSPS) is 14.5. The second-order valence-electron chi connectivity index (χ2n) is 2.43. The van der Waals surface area contributed by atoms with Gasteiger partial charge in [0.15, 0.2) is 0 Å². The fourth-order valence-electron chi connectivity index (χ4n) is 0.353. The van der Waals surface area contributed by atoms with E-state index in [0.29, 0.717) is 6.92 Å². The molecule has 11 heavy (non-hydrogen) atoms. The fourth-order valence-corrected chi connectivity index (χ4v) is 0.353. The molecule has 3 nitrogen and oxygen atoms in total. The third-order valence-electron chi connectivity index (χ3n) is 0.987. The number of carbonyl (C=O) groups excluding carboxylic acids is 1. The van der Waals surface area contributed by atoms with Crippen LogP contribution in [0.15, 0.2) is 0 Å². The molecule has 0 aromatic heterocycles. The maximum atomic E-state index is 12.1. The van der Waals surface area contributed by atoms with Gasteiger partial charge in [0.2, 0.25) is 5.91 Å². The highest BCUT2D eigenvalue weighted by atomic mass is 19.3. The van der Waals surface area contributed by atoms with Gasteiger partial charge in [-0.2, -0.15) is 0 Å². The molecule has 0 fully saturated rings. The molecule has 0 aromatic rings. The van der Waals surface area contributed by atoms with Gasteiger partial charge in [-0.15, -0.1) is 0 Å². The predicted molar refractivity (Wildman–Crippen MR) is 35.2 cm³/mol. The SMILES string of the molecule is CC(OCC(C)(F)F)C(N)=O. The van der Waals surface area contributed by atoms with Gasteiger partial charge in [0.25, 0.3) is 5.92 Å². The van der Waals surface area contributed by atoms with E-state index in [1.807, 2.05) is 0 Å². The molecule has 0 aliphatic carbocycles. The van der Waals surface area contributed by atoms with Crippen molar-refractivity contribution in [2.75, 3.05) is 6.61 Å². The summed E-state index contributed by atoms with van der Waals surface area (Å²) in [7, 11) is 0. The molecule has 0 aromatic carbocycles. The number of nitrogens with two attached hydrogens (primary N) is 1. The van der Waals surface area contributed by atoms with Crippen molar-refractivity contribution in [2.45, 2.75) is 25.9 Å². The number of hydrogen-bond donors (Lipinski definition) is 1. The number of halogens is 2. The second-order valence-corrected chi connectivity index (χ2v) is 2.43. The van der Waals surface area contributed by atoms with E-state index in [2.05, 4.69) is 4.74 Å². The Morgan fingerprint density at radius 2 is 2.18 bits per heavy atom. The van der Waals surface area contributed by atoms with Crippen LogP contribution in [0.25, 0.3) is 0 Å². The van der Waals surface area contributed by atoms with E-state index in [4.69, 9.17) is 5.73 Å². The molecule has 5 heteroatoms. The molecule has 0 bridgehead atoms. The molecular formula is C6H11F2NO2. The molecule has 0 aliphatic heterocycles. The molecule has 0 heterocycles. The monoisotopic (exact) mass is 167 g/mol. The average Bonchev–Trinajstić information content (AvgIpc) is 1.80. The Morgan fingerprint density at radius 1 is 1.73 bits per heavy atom. The first-order chi connectivity index (χ1) is 4.83. The lowest BCUT2D eigenvalue weighted by atomic mass is 10.4. The Morgan fingerprint density at radius 3 is 2.45 bits per heavy atom. The molecule has 2 N–H and O–H groups in total. The maximum absolute atomic E-state index is 12.1. The first kappa shape index (κ1) is 10.3. The molecule has 1 unspecified atom stereocenters. The van der Waals surface area contributed by atoms with Crippen LogP contribution in [0, 0.1) is 0 Å². The summed E-state index contributed by atoms with van der Waals surface area (Å²) in [5.41, 5.74) is 4.76. The Labute approximate surface area is 63.5 Å². The van der Waals surface area contributed by atoms with Crippen LogP contribution >= 0.6 is 0 Å². The highest BCUT2D eigenvalue weighted by Crippen LogP contribution is 2.12. The highest BCUT2D eigenvalue weighted by Gasteiger charge is 2.23. The lowest BCUT2D eigenvalue weighted by Gasteiger charge is -2.13. The average molecular weight is 167 g/mol. The third-order valence-corrected chi connectivity index (χ3v) is 0.987. The molecule has 0 radical (unpaired) electrons. The van der Waals surface area contributed by atoms with Crippen LogP contribution < -0.4 is 5.73 Å². The highest BCUT2D eigenvalue weighted by molar-refractivity contribution is 5.78. The number of rotatable bonds is 4. The van der Waals surface area contributed by atoms with Gasteiger partial charge in [0.05, 0.1) is 0 Å². The summed E-state index contributed by atoms with van der Waals surface area (Å²) in [6, 6.07) is 0. The molecule has 66 valence electrons. The van der Waals surface area contributed by atoms with Crippen LogP contribution in [0.3, 0.4) is 0 Å². The molecule has 1 atom stereocenters. The number of carbonyl (C=O) groups is 1. The van der Waals surface area contributed by atoms with Gasteiger partial charge in [-0.25, -0.2) is 8.78 Å². The standard InChI is InChI=1S/C6H11F2NO2/c1-4(5(9)10)11-3-6(2,7)8/h4H,3H2,1-2H3,(H2,9,10). The van der Waals surface area contributed by atoms with Gasteiger partial charge < -0.3 is 10.5 Å². The van der Waals surface area contributed by atoms with Crippen LogP contribution in [0.5, 0.6) is 0 Å². The number of alkyl halides is 2. The van der Waals surface area contributed by atoms with E-state index in [1.54, 1.807) is 0 Å². The maximum Gasteiger partial charge on any atom is 0.268 e. The molecule has 0 saturated heterocycles. The van der Waals surface area contributed by atoms with Gasteiger partial charge in [-0.1, -0.05) is 0 Å². The van der Waals surface area contributed by atoms with Gasteiger partial charge >= 0.3 is 0 Å². The van der Waals surface area contributed by atoms with Crippen molar-refractivity contribution in [2.24, 2.45) is 5.73 Å². The Balaban J connectivity index is 3.63. The van der Waals surface area contributed by atoms with Crippen LogP contribution in [0.2, 0.25) is 0 Å². The lowest BCUT2D eigenvalue weighted by Crippen LogP contribution is -2.32. The van der Waals surface area contributed by atoms with E-state index in [0.717, 1.165) is 0 Å². The topological polar surface area (TPSA) is 52.3 Å². The van der Waals surface area contributed by atoms with Gasteiger partial charge in [-0.3, -0.25) is 4.79 Å². The van der Waals surface area contributed by atoms with Crippen molar-refractivity contribution in [3.05, 3.63) is 0 Å². The number of amides is 1. The quantitative estimate of drug-likeness (QED) is 0.664. The summed E-state index contributed by atoms with van der Waals surface area (Å²) in [6.45, 7) is 1.26. The van der Waals surface area contributed by atoms with Crippen LogP contribution in [0.1, 0.15) is 13.8 Å². The molecule has 0 aliphatic rings. The minimum Gasteiger partial charge on any atom is -0.367 e. The minimum absolute atomic E-state index is 0.709. The predicted octanol–water partition coefficient (Wildman–Crippen LogP) is 0.532.